The van der Waals surface area contributed by atoms with E-state index in [4.69, 9.17) is 9.66 Å². The molecule has 0 aliphatic carbocycles. The fourth-order valence-electron chi connectivity index (χ4n) is 0.964. The van der Waals surface area contributed by atoms with Gasteiger partial charge in [0.1, 0.15) is 0 Å². The normalized spacial score (nSPS) is 12.5. The summed E-state index contributed by atoms with van der Waals surface area (Å²) in [5, 5.41) is 17.9. The second-order valence-electron chi connectivity index (χ2n) is 3.17. The molecule has 0 radical (unpaired) electrons. The van der Waals surface area contributed by atoms with E-state index >= 15 is 0 Å². The van der Waals surface area contributed by atoms with Crippen LogP contribution < -0.4 is 0 Å². The average molecular weight is 248 g/mol. The monoisotopic (exact) mass is 248 g/mol. The van der Waals surface area contributed by atoms with Crippen molar-refractivity contribution in [3.05, 3.63) is 35.9 Å². The lowest BCUT2D eigenvalue weighted by Gasteiger charge is -2.07. The third-order valence-electron chi connectivity index (χ3n) is 1.59. The number of hydrogen-bond donors (Lipinski definition) is 3. The van der Waals surface area contributed by atoms with E-state index in [1.165, 1.54) is 0 Å². The first-order valence-corrected chi connectivity index (χ1v) is 6.45. The lowest BCUT2D eigenvalue weighted by atomic mass is 10.1. The van der Waals surface area contributed by atoms with E-state index in [1.54, 1.807) is 0 Å². The van der Waals surface area contributed by atoms with Gasteiger partial charge in [-0.25, -0.2) is 0 Å². The first-order chi connectivity index (χ1) is 7.34. The van der Waals surface area contributed by atoms with Crippen LogP contribution in [-0.4, -0.2) is 36.0 Å². The van der Waals surface area contributed by atoms with E-state index in [1.807, 2.05) is 30.3 Å². The minimum absolute atomic E-state index is 0.0239. The fraction of sp³-hybridized carbons (Fsp3) is 0.400. The van der Waals surface area contributed by atoms with Crippen LogP contribution in [0, 0.1) is 0 Å². The summed E-state index contributed by atoms with van der Waals surface area (Å²) in [5.41, 5.74) is 0.863. The van der Waals surface area contributed by atoms with Gasteiger partial charge in [-0.1, -0.05) is 30.3 Å². The first kappa shape index (κ1) is 15.0. The van der Waals surface area contributed by atoms with Gasteiger partial charge in [-0.15, -0.1) is 0 Å². The number of aliphatic hydroxyl groups is 2. The SMILES string of the molecule is CS(=O)(=O)O.OCCC(O)c1ccccc1. The highest BCUT2D eigenvalue weighted by atomic mass is 32.2. The average Bonchev–Trinajstić information content (AvgIpc) is 2.17. The minimum Gasteiger partial charge on any atom is -0.396 e. The van der Waals surface area contributed by atoms with Crippen LogP contribution in [0.15, 0.2) is 30.3 Å². The Morgan fingerprint density at radius 3 is 2.06 bits per heavy atom. The van der Waals surface area contributed by atoms with Gasteiger partial charge < -0.3 is 10.2 Å². The second-order valence-corrected chi connectivity index (χ2v) is 4.64. The van der Waals surface area contributed by atoms with Crippen molar-refractivity contribution >= 4 is 10.1 Å². The maximum absolute atomic E-state index is 9.36. The summed E-state index contributed by atoms with van der Waals surface area (Å²) in [6, 6.07) is 9.33. The Labute approximate surface area is 95.1 Å². The maximum atomic E-state index is 9.36. The molecule has 0 aromatic heterocycles. The number of rotatable bonds is 3. The highest BCUT2D eigenvalue weighted by Gasteiger charge is 2.03. The zero-order chi connectivity index (χ0) is 12.6. The lowest BCUT2D eigenvalue weighted by molar-refractivity contribution is 0.134. The fourth-order valence-corrected chi connectivity index (χ4v) is 0.964. The van der Waals surface area contributed by atoms with Crippen molar-refractivity contribution in [3.8, 4) is 0 Å². The quantitative estimate of drug-likeness (QED) is 0.681. The number of benzene rings is 1. The van der Waals surface area contributed by atoms with E-state index in [0.29, 0.717) is 12.7 Å². The molecule has 1 unspecified atom stereocenters. The molecule has 0 saturated carbocycles. The zero-order valence-electron chi connectivity index (χ0n) is 8.94. The Balaban J connectivity index is 0.000000385. The summed E-state index contributed by atoms with van der Waals surface area (Å²) >= 11 is 0. The largest absolute Gasteiger partial charge is 0.396 e. The molecule has 0 fully saturated rings. The summed E-state index contributed by atoms with van der Waals surface area (Å²) in [6.07, 6.45) is 0.595. The van der Waals surface area contributed by atoms with Gasteiger partial charge in [0, 0.05) is 13.0 Å². The van der Waals surface area contributed by atoms with Crippen LogP contribution in [0.4, 0.5) is 0 Å². The van der Waals surface area contributed by atoms with Crippen molar-refractivity contribution in [1.82, 2.24) is 0 Å². The van der Waals surface area contributed by atoms with Gasteiger partial charge in [-0.3, -0.25) is 4.55 Å². The van der Waals surface area contributed by atoms with Crippen molar-refractivity contribution in [2.45, 2.75) is 12.5 Å². The molecule has 1 aromatic rings. The van der Waals surface area contributed by atoms with E-state index in [9.17, 15) is 13.5 Å². The Hall–Kier alpha value is -0.950. The minimum atomic E-state index is -3.67. The molecule has 0 aliphatic rings. The van der Waals surface area contributed by atoms with Crippen LogP contribution >= 0.6 is 0 Å². The van der Waals surface area contributed by atoms with Crippen LogP contribution in [0.3, 0.4) is 0 Å². The summed E-state index contributed by atoms with van der Waals surface area (Å²) in [5.74, 6) is 0. The van der Waals surface area contributed by atoms with Gasteiger partial charge in [-0.05, 0) is 5.56 Å². The van der Waals surface area contributed by atoms with Crippen LogP contribution in [0.5, 0.6) is 0 Å². The van der Waals surface area contributed by atoms with E-state index in [0.717, 1.165) is 5.56 Å². The molecule has 0 spiro atoms. The lowest BCUT2D eigenvalue weighted by Crippen LogP contribution is -1.99. The number of hydrogen-bond acceptors (Lipinski definition) is 4. The highest BCUT2D eigenvalue weighted by Crippen LogP contribution is 2.14. The molecule has 0 heterocycles. The Morgan fingerprint density at radius 1 is 1.25 bits per heavy atom. The Kier molecular flexibility index (Phi) is 6.91. The van der Waals surface area contributed by atoms with Gasteiger partial charge in [0.05, 0.1) is 12.4 Å². The van der Waals surface area contributed by atoms with Gasteiger partial charge in [0.15, 0.2) is 0 Å². The summed E-state index contributed by atoms with van der Waals surface area (Å²) in [6.45, 7) is 0.0239. The van der Waals surface area contributed by atoms with E-state index in [-0.39, 0.29) is 6.61 Å². The third kappa shape index (κ3) is 9.60. The van der Waals surface area contributed by atoms with Crippen molar-refractivity contribution in [3.63, 3.8) is 0 Å². The number of aliphatic hydroxyl groups excluding tert-OH is 2. The molecule has 3 N–H and O–H groups in total. The predicted molar refractivity (Wildman–Crippen MR) is 60.6 cm³/mol. The van der Waals surface area contributed by atoms with Crippen LogP contribution in [0.2, 0.25) is 0 Å². The van der Waals surface area contributed by atoms with Crippen molar-refractivity contribution in [2.75, 3.05) is 12.9 Å². The molecule has 0 saturated heterocycles. The standard InChI is InChI=1S/C9H12O2.CH4O3S/c10-7-6-9(11)8-4-2-1-3-5-8;1-5(2,3)4/h1-5,9-11H,6-7H2;1H3,(H,2,3,4). The first-order valence-electron chi connectivity index (χ1n) is 4.61. The molecule has 1 aromatic carbocycles. The third-order valence-corrected chi connectivity index (χ3v) is 1.59. The summed E-state index contributed by atoms with van der Waals surface area (Å²) < 4.78 is 25.9. The molecule has 1 rings (SSSR count). The molecule has 6 heteroatoms. The van der Waals surface area contributed by atoms with Crippen LogP contribution in [-0.2, 0) is 10.1 Å². The van der Waals surface area contributed by atoms with E-state index in [2.05, 4.69) is 0 Å². The second kappa shape index (κ2) is 7.34. The zero-order valence-corrected chi connectivity index (χ0v) is 9.76. The summed E-state index contributed by atoms with van der Waals surface area (Å²) in [7, 11) is -3.67. The molecule has 5 nitrogen and oxygen atoms in total. The van der Waals surface area contributed by atoms with Crippen molar-refractivity contribution < 1.29 is 23.2 Å². The van der Waals surface area contributed by atoms with Gasteiger partial charge >= 0.3 is 0 Å². The molecule has 16 heavy (non-hydrogen) atoms. The molecule has 1 atom stereocenters. The molecule has 0 amide bonds. The Morgan fingerprint density at radius 2 is 1.69 bits per heavy atom. The molecule has 92 valence electrons. The van der Waals surface area contributed by atoms with Gasteiger partial charge in [0.25, 0.3) is 10.1 Å². The van der Waals surface area contributed by atoms with Crippen molar-refractivity contribution in [1.29, 1.82) is 0 Å². The maximum Gasteiger partial charge on any atom is 0.261 e. The molecular weight excluding hydrogens is 232 g/mol. The summed E-state index contributed by atoms with van der Waals surface area (Å²) in [4.78, 5) is 0. The van der Waals surface area contributed by atoms with Gasteiger partial charge in [0.2, 0.25) is 0 Å². The smallest absolute Gasteiger partial charge is 0.261 e. The van der Waals surface area contributed by atoms with Crippen molar-refractivity contribution in [2.24, 2.45) is 0 Å². The van der Waals surface area contributed by atoms with E-state index < -0.39 is 16.2 Å². The van der Waals surface area contributed by atoms with Crippen LogP contribution in [0.1, 0.15) is 18.1 Å². The Bertz CT molecular complexity index is 365. The molecule has 0 bridgehead atoms. The van der Waals surface area contributed by atoms with Crippen LogP contribution in [0.25, 0.3) is 0 Å². The highest BCUT2D eigenvalue weighted by molar-refractivity contribution is 7.85. The topological polar surface area (TPSA) is 94.8 Å². The predicted octanol–water partition coefficient (Wildman–Crippen LogP) is 0.606. The molecular formula is C10H16O5S. The van der Waals surface area contributed by atoms with Gasteiger partial charge in [-0.2, -0.15) is 8.42 Å². The molecule has 0 aliphatic heterocycles.